The van der Waals surface area contributed by atoms with Crippen LogP contribution in [0.15, 0.2) is 30.3 Å². The van der Waals surface area contributed by atoms with E-state index in [1.807, 2.05) is 25.1 Å². The fourth-order valence-corrected chi connectivity index (χ4v) is 2.25. The first-order valence-corrected chi connectivity index (χ1v) is 6.94. The molecule has 1 amide bonds. The van der Waals surface area contributed by atoms with Gasteiger partial charge in [0.1, 0.15) is 0 Å². The first kappa shape index (κ1) is 14.3. The number of aryl methyl sites for hydroxylation is 1. The summed E-state index contributed by atoms with van der Waals surface area (Å²) in [7, 11) is 0. The van der Waals surface area contributed by atoms with Crippen molar-refractivity contribution in [3.63, 3.8) is 0 Å². The number of pyridine rings is 1. The quantitative estimate of drug-likeness (QED) is 0.906. The molecule has 2 aromatic rings. The molecule has 0 saturated carbocycles. The van der Waals surface area contributed by atoms with E-state index in [0.29, 0.717) is 19.5 Å². The van der Waals surface area contributed by atoms with Crippen LogP contribution in [-0.2, 0) is 6.42 Å². The van der Waals surface area contributed by atoms with Crippen LogP contribution in [0.1, 0.15) is 24.6 Å². The van der Waals surface area contributed by atoms with E-state index in [1.54, 1.807) is 0 Å². The van der Waals surface area contributed by atoms with Gasteiger partial charge in [0.05, 0.1) is 5.52 Å². The fourth-order valence-electron chi connectivity index (χ4n) is 2.25. The topological polar surface area (TPSA) is 53.4 Å². The summed E-state index contributed by atoms with van der Waals surface area (Å²) in [5, 5.41) is 10.2. The largest absolute Gasteiger partial charge is 0.465 e. The standard InChI is InChI=1S/C16H20N2O2/c1-3-9-18(16(19)20)10-8-14-6-5-13-11-12(2)4-7-15(13)17-14/h4-7,11H,3,8-10H2,1-2H3,(H,19,20). The van der Waals surface area contributed by atoms with Crippen LogP contribution >= 0.6 is 0 Å². The number of benzene rings is 1. The number of nitrogens with zero attached hydrogens (tertiary/aromatic N) is 2. The molecule has 20 heavy (non-hydrogen) atoms. The lowest BCUT2D eigenvalue weighted by atomic mass is 10.1. The molecule has 0 fully saturated rings. The molecule has 0 saturated heterocycles. The average Bonchev–Trinajstić information content (AvgIpc) is 2.43. The second kappa shape index (κ2) is 6.37. The van der Waals surface area contributed by atoms with Gasteiger partial charge in [-0.15, -0.1) is 0 Å². The van der Waals surface area contributed by atoms with Crippen LogP contribution in [0.4, 0.5) is 4.79 Å². The SMILES string of the molecule is CCCN(CCc1ccc2cc(C)ccc2n1)C(=O)O. The van der Waals surface area contributed by atoms with Crippen LogP contribution in [0.25, 0.3) is 10.9 Å². The molecular formula is C16H20N2O2. The van der Waals surface area contributed by atoms with Crippen LogP contribution in [0.2, 0.25) is 0 Å². The van der Waals surface area contributed by atoms with E-state index < -0.39 is 6.09 Å². The molecule has 0 unspecified atom stereocenters. The lowest BCUT2D eigenvalue weighted by molar-refractivity contribution is 0.145. The molecule has 0 aliphatic rings. The maximum atomic E-state index is 11.1. The zero-order valence-electron chi connectivity index (χ0n) is 12.0. The van der Waals surface area contributed by atoms with E-state index in [-0.39, 0.29) is 0 Å². The Morgan fingerprint density at radius 1 is 1.25 bits per heavy atom. The van der Waals surface area contributed by atoms with Crippen molar-refractivity contribution in [2.75, 3.05) is 13.1 Å². The predicted octanol–water partition coefficient (Wildman–Crippen LogP) is 3.48. The number of amides is 1. The van der Waals surface area contributed by atoms with E-state index in [2.05, 4.69) is 24.0 Å². The fraction of sp³-hybridized carbons (Fsp3) is 0.375. The van der Waals surface area contributed by atoms with Gasteiger partial charge in [0.2, 0.25) is 0 Å². The van der Waals surface area contributed by atoms with E-state index >= 15 is 0 Å². The number of carbonyl (C=O) groups is 1. The van der Waals surface area contributed by atoms with Crippen LogP contribution < -0.4 is 0 Å². The summed E-state index contributed by atoms with van der Waals surface area (Å²) in [6.45, 7) is 5.10. The zero-order chi connectivity index (χ0) is 14.5. The Bertz CT molecular complexity index is 610. The summed E-state index contributed by atoms with van der Waals surface area (Å²) < 4.78 is 0. The van der Waals surface area contributed by atoms with Crippen LogP contribution in [0.5, 0.6) is 0 Å². The number of hydrogen-bond donors (Lipinski definition) is 1. The van der Waals surface area contributed by atoms with Crippen molar-refractivity contribution in [1.82, 2.24) is 9.88 Å². The van der Waals surface area contributed by atoms with E-state index in [9.17, 15) is 4.79 Å². The van der Waals surface area contributed by atoms with Crippen molar-refractivity contribution in [3.05, 3.63) is 41.6 Å². The van der Waals surface area contributed by atoms with Crippen molar-refractivity contribution in [3.8, 4) is 0 Å². The average molecular weight is 272 g/mol. The second-order valence-electron chi connectivity index (χ2n) is 5.02. The molecular weight excluding hydrogens is 252 g/mol. The minimum Gasteiger partial charge on any atom is -0.465 e. The van der Waals surface area contributed by atoms with Crippen LogP contribution in [0.3, 0.4) is 0 Å². The zero-order valence-corrected chi connectivity index (χ0v) is 12.0. The minimum atomic E-state index is -0.858. The van der Waals surface area contributed by atoms with Gasteiger partial charge in [0.15, 0.2) is 0 Å². The first-order chi connectivity index (χ1) is 9.60. The Morgan fingerprint density at radius 2 is 2.05 bits per heavy atom. The normalized spacial score (nSPS) is 10.7. The minimum absolute atomic E-state index is 0.494. The maximum Gasteiger partial charge on any atom is 0.407 e. The monoisotopic (exact) mass is 272 g/mol. The molecule has 4 nitrogen and oxygen atoms in total. The lowest BCUT2D eigenvalue weighted by Crippen LogP contribution is -2.32. The van der Waals surface area contributed by atoms with E-state index in [1.165, 1.54) is 10.5 Å². The Kier molecular flexibility index (Phi) is 4.56. The van der Waals surface area contributed by atoms with Crippen molar-refractivity contribution in [2.45, 2.75) is 26.7 Å². The number of aromatic nitrogens is 1. The molecule has 106 valence electrons. The Hall–Kier alpha value is -2.10. The van der Waals surface area contributed by atoms with Gasteiger partial charge in [-0.05, 0) is 31.5 Å². The maximum absolute atomic E-state index is 11.1. The van der Waals surface area contributed by atoms with Gasteiger partial charge in [0, 0.05) is 30.6 Å². The highest BCUT2D eigenvalue weighted by atomic mass is 16.4. The number of carboxylic acid groups (broad SMARTS) is 1. The first-order valence-electron chi connectivity index (χ1n) is 6.94. The van der Waals surface area contributed by atoms with Gasteiger partial charge < -0.3 is 10.0 Å². The molecule has 0 aliphatic carbocycles. The molecule has 2 rings (SSSR count). The Balaban J connectivity index is 2.09. The lowest BCUT2D eigenvalue weighted by Gasteiger charge is -2.17. The molecule has 0 bridgehead atoms. The molecule has 0 radical (unpaired) electrons. The second-order valence-corrected chi connectivity index (χ2v) is 5.02. The van der Waals surface area contributed by atoms with Gasteiger partial charge in [-0.25, -0.2) is 4.79 Å². The van der Waals surface area contributed by atoms with Gasteiger partial charge in [0.25, 0.3) is 0 Å². The number of fused-ring (bicyclic) bond motifs is 1. The Labute approximate surface area is 119 Å². The summed E-state index contributed by atoms with van der Waals surface area (Å²) in [4.78, 5) is 17.1. The Morgan fingerprint density at radius 3 is 2.75 bits per heavy atom. The van der Waals surface area contributed by atoms with Gasteiger partial charge in [-0.1, -0.05) is 24.6 Å². The van der Waals surface area contributed by atoms with Crippen LogP contribution in [0, 0.1) is 6.92 Å². The molecule has 1 aromatic heterocycles. The van der Waals surface area contributed by atoms with Crippen molar-refractivity contribution >= 4 is 17.0 Å². The van der Waals surface area contributed by atoms with E-state index in [4.69, 9.17) is 5.11 Å². The third-order valence-corrected chi connectivity index (χ3v) is 3.30. The predicted molar refractivity (Wildman–Crippen MR) is 80.1 cm³/mol. The summed E-state index contributed by atoms with van der Waals surface area (Å²) in [5.74, 6) is 0. The molecule has 0 spiro atoms. The molecule has 0 atom stereocenters. The third-order valence-electron chi connectivity index (χ3n) is 3.30. The van der Waals surface area contributed by atoms with Crippen molar-refractivity contribution in [2.24, 2.45) is 0 Å². The summed E-state index contributed by atoms with van der Waals surface area (Å²) >= 11 is 0. The highest BCUT2D eigenvalue weighted by Gasteiger charge is 2.10. The molecule has 0 aliphatic heterocycles. The smallest absolute Gasteiger partial charge is 0.407 e. The van der Waals surface area contributed by atoms with Crippen molar-refractivity contribution < 1.29 is 9.90 Å². The molecule has 4 heteroatoms. The summed E-state index contributed by atoms with van der Waals surface area (Å²) in [5.41, 5.74) is 3.11. The highest BCUT2D eigenvalue weighted by Crippen LogP contribution is 2.15. The van der Waals surface area contributed by atoms with Gasteiger partial charge >= 0.3 is 6.09 Å². The van der Waals surface area contributed by atoms with Gasteiger partial charge in [-0.3, -0.25) is 4.98 Å². The summed E-state index contributed by atoms with van der Waals surface area (Å²) in [6.07, 6.45) is 0.621. The van der Waals surface area contributed by atoms with Crippen molar-refractivity contribution in [1.29, 1.82) is 0 Å². The van der Waals surface area contributed by atoms with Gasteiger partial charge in [-0.2, -0.15) is 0 Å². The van der Waals surface area contributed by atoms with E-state index in [0.717, 1.165) is 23.0 Å². The molecule has 1 aromatic carbocycles. The number of rotatable bonds is 5. The molecule has 1 heterocycles. The third kappa shape index (κ3) is 3.47. The molecule has 1 N–H and O–H groups in total. The number of hydrogen-bond acceptors (Lipinski definition) is 2. The highest BCUT2D eigenvalue weighted by molar-refractivity contribution is 5.79. The summed E-state index contributed by atoms with van der Waals surface area (Å²) in [6, 6.07) is 10.2. The van der Waals surface area contributed by atoms with Crippen LogP contribution in [-0.4, -0.2) is 34.2 Å².